The van der Waals surface area contributed by atoms with Gasteiger partial charge in [-0.3, -0.25) is 9.69 Å². The fraction of sp³-hybridized carbons (Fsp3) is 0.462. The summed E-state index contributed by atoms with van der Waals surface area (Å²) in [6.45, 7) is 4.11. The number of benzene rings is 1. The van der Waals surface area contributed by atoms with E-state index in [2.05, 4.69) is 33.1 Å². The van der Waals surface area contributed by atoms with Gasteiger partial charge in [0.2, 0.25) is 5.91 Å². The largest absolute Gasteiger partial charge is 0.398 e. The molecule has 4 nitrogen and oxygen atoms in total. The molecule has 0 saturated carbocycles. The smallest absolute Gasteiger partial charge is 0.233 e. The molecule has 3 N–H and O–H groups in total. The van der Waals surface area contributed by atoms with Crippen LogP contribution in [-0.4, -0.2) is 30.9 Å². The summed E-state index contributed by atoms with van der Waals surface area (Å²) in [6.07, 6.45) is 1.01. The Morgan fingerprint density at radius 3 is 2.83 bits per heavy atom. The number of amides is 1. The van der Waals surface area contributed by atoms with E-state index in [0.29, 0.717) is 13.1 Å². The van der Waals surface area contributed by atoms with Crippen LogP contribution in [0, 0.1) is 0 Å². The standard InChI is InChI=1S/C13H20BrN3O/c1-3-7-17(9-12(18)16-2)8-10-5-4-6-11(15)13(10)14/h4-6H,3,7-9,15H2,1-2H3,(H,16,18). The average Bonchev–Trinajstić information content (AvgIpc) is 2.35. The molecule has 1 aromatic rings. The van der Waals surface area contributed by atoms with Crippen LogP contribution in [0.15, 0.2) is 22.7 Å². The van der Waals surface area contributed by atoms with Crippen molar-refractivity contribution in [2.24, 2.45) is 0 Å². The van der Waals surface area contributed by atoms with Gasteiger partial charge in [-0.25, -0.2) is 0 Å². The average molecular weight is 314 g/mol. The Morgan fingerprint density at radius 2 is 2.22 bits per heavy atom. The molecule has 5 heteroatoms. The summed E-state index contributed by atoms with van der Waals surface area (Å²) >= 11 is 3.49. The quantitative estimate of drug-likeness (QED) is 0.790. The van der Waals surface area contributed by atoms with Crippen LogP contribution in [-0.2, 0) is 11.3 Å². The highest BCUT2D eigenvalue weighted by Gasteiger charge is 2.12. The van der Waals surface area contributed by atoms with Gasteiger partial charge in [0.25, 0.3) is 0 Å². The predicted octanol–water partition coefficient (Wildman–Crippen LogP) is 1.99. The second kappa shape index (κ2) is 7.38. The number of nitrogen functional groups attached to an aromatic ring is 1. The van der Waals surface area contributed by atoms with Crippen LogP contribution in [0.1, 0.15) is 18.9 Å². The highest BCUT2D eigenvalue weighted by molar-refractivity contribution is 9.10. The predicted molar refractivity (Wildman–Crippen MR) is 78.2 cm³/mol. The number of halogens is 1. The molecule has 0 aliphatic rings. The van der Waals surface area contributed by atoms with Crippen molar-refractivity contribution >= 4 is 27.5 Å². The number of nitrogens with zero attached hydrogens (tertiary/aromatic N) is 1. The van der Waals surface area contributed by atoms with Gasteiger partial charge in [0.15, 0.2) is 0 Å². The molecule has 0 spiro atoms. The first-order valence-corrected chi connectivity index (χ1v) is 6.83. The van der Waals surface area contributed by atoms with Crippen molar-refractivity contribution in [2.45, 2.75) is 19.9 Å². The van der Waals surface area contributed by atoms with Crippen LogP contribution in [0.2, 0.25) is 0 Å². The van der Waals surface area contributed by atoms with E-state index in [0.717, 1.165) is 28.7 Å². The lowest BCUT2D eigenvalue weighted by atomic mass is 10.2. The molecule has 18 heavy (non-hydrogen) atoms. The minimum atomic E-state index is 0.0310. The van der Waals surface area contributed by atoms with Crippen molar-refractivity contribution in [1.82, 2.24) is 10.2 Å². The second-order valence-electron chi connectivity index (χ2n) is 4.20. The fourth-order valence-corrected chi connectivity index (χ4v) is 2.16. The van der Waals surface area contributed by atoms with E-state index < -0.39 is 0 Å². The molecule has 0 saturated heterocycles. The van der Waals surface area contributed by atoms with Gasteiger partial charge in [-0.2, -0.15) is 0 Å². The van der Waals surface area contributed by atoms with Gasteiger partial charge in [0.1, 0.15) is 0 Å². The summed E-state index contributed by atoms with van der Waals surface area (Å²) in [6, 6.07) is 5.81. The zero-order valence-corrected chi connectivity index (χ0v) is 12.5. The Balaban J connectivity index is 2.76. The van der Waals surface area contributed by atoms with Crippen molar-refractivity contribution < 1.29 is 4.79 Å². The highest BCUT2D eigenvalue weighted by atomic mass is 79.9. The number of carbonyl (C=O) groups is 1. The van der Waals surface area contributed by atoms with E-state index in [9.17, 15) is 4.79 Å². The third-order valence-corrected chi connectivity index (χ3v) is 3.66. The van der Waals surface area contributed by atoms with Gasteiger partial charge in [-0.15, -0.1) is 0 Å². The maximum atomic E-state index is 11.4. The molecule has 0 atom stereocenters. The van der Waals surface area contributed by atoms with Gasteiger partial charge in [0.05, 0.1) is 6.54 Å². The molecule has 0 radical (unpaired) electrons. The van der Waals surface area contributed by atoms with Crippen LogP contribution in [0.3, 0.4) is 0 Å². The van der Waals surface area contributed by atoms with Crippen molar-refractivity contribution in [3.63, 3.8) is 0 Å². The summed E-state index contributed by atoms with van der Waals surface area (Å²) < 4.78 is 0.919. The number of nitrogens with one attached hydrogen (secondary N) is 1. The SMILES string of the molecule is CCCN(CC(=O)NC)Cc1cccc(N)c1Br. The normalized spacial score (nSPS) is 10.7. The molecule has 0 aromatic heterocycles. The van der Waals surface area contributed by atoms with Crippen LogP contribution < -0.4 is 11.1 Å². The van der Waals surface area contributed by atoms with Crippen LogP contribution in [0.25, 0.3) is 0 Å². The molecular formula is C13H20BrN3O. The Hall–Kier alpha value is -1.07. The van der Waals surface area contributed by atoms with Gasteiger partial charge >= 0.3 is 0 Å². The minimum absolute atomic E-state index is 0.0310. The number of hydrogen-bond donors (Lipinski definition) is 2. The van der Waals surface area contributed by atoms with Gasteiger partial charge < -0.3 is 11.1 Å². The van der Waals surface area contributed by atoms with Crippen LogP contribution in [0.5, 0.6) is 0 Å². The Kier molecular flexibility index (Phi) is 6.15. The third-order valence-electron chi connectivity index (χ3n) is 2.69. The number of rotatable bonds is 6. The van der Waals surface area contributed by atoms with E-state index in [1.54, 1.807) is 7.05 Å². The second-order valence-corrected chi connectivity index (χ2v) is 5.00. The van der Waals surface area contributed by atoms with Gasteiger partial charge in [-0.1, -0.05) is 19.1 Å². The Bertz CT molecular complexity index is 409. The molecule has 0 heterocycles. The molecule has 0 unspecified atom stereocenters. The summed E-state index contributed by atoms with van der Waals surface area (Å²) in [7, 11) is 1.66. The molecule has 1 rings (SSSR count). The maximum absolute atomic E-state index is 11.4. The van der Waals surface area contributed by atoms with E-state index in [-0.39, 0.29) is 5.91 Å². The van der Waals surface area contributed by atoms with Crippen molar-refractivity contribution in [3.05, 3.63) is 28.2 Å². The van der Waals surface area contributed by atoms with Crippen molar-refractivity contribution in [1.29, 1.82) is 0 Å². The number of anilines is 1. The topological polar surface area (TPSA) is 58.4 Å². The van der Waals surface area contributed by atoms with Gasteiger partial charge in [-0.05, 0) is 40.5 Å². The fourth-order valence-electron chi connectivity index (χ4n) is 1.78. The summed E-state index contributed by atoms with van der Waals surface area (Å²) in [5.74, 6) is 0.0310. The summed E-state index contributed by atoms with van der Waals surface area (Å²) in [5, 5.41) is 2.65. The van der Waals surface area contributed by atoms with Gasteiger partial charge in [0, 0.05) is 23.8 Å². The molecule has 1 amide bonds. The highest BCUT2D eigenvalue weighted by Crippen LogP contribution is 2.24. The van der Waals surface area contributed by atoms with E-state index in [1.165, 1.54) is 0 Å². The molecule has 0 aliphatic carbocycles. The number of likely N-dealkylation sites (N-methyl/N-ethyl adjacent to an activating group) is 1. The van der Waals surface area contributed by atoms with Crippen LogP contribution >= 0.6 is 15.9 Å². The lowest BCUT2D eigenvalue weighted by Crippen LogP contribution is -2.35. The molecule has 100 valence electrons. The number of carbonyl (C=O) groups excluding carboxylic acids is 1. The monoisotopic (exact) mass is 313 g/mol. The molecular weight excluding hydrogens is 294 g/mol. The Labute approximate surface area is 117 Å². The lowest BCUT2D eigenvalue weighted by Gasteiger charge is -2.21. The zero-order valence-electron chi connectivity index (χ0n) is 10.9. The Morgan fingerprint density at radius 1 is 1.50 bits per heavy atom. The number of nitrogens with two attached hydrogens (primary N) is 1. The van der Waals surface area contributed by atoms with Crippen LogP contribution in [0.4, 0.5) is 5.69 Å². The first kappa shape index (κ1) is 15.0. The van der Waals surface area contributed by atoms with E-state index in [4.69, 9.17) is 5.73 Å². The van der Waals surface area contributed by atoms with Crippen molar-refractivity contribution in [2.75, 3.05) is 25.9 Å². The zero-order chi connectivity index (χ0) is 13.5. The summed E-state index contributed by atoms with van der Waals surface area (Å²) in [5.41, 5.74) is 7.68. The molecule has 0 fully saturated rings. The lowest BCUT2D eigenvalue weighted by molar-refractivity contribution is -0.121. The minimum Gasteiger partial charge on any atom is -0.398 e. The van der Waals surface area contributed by atoms with Crippen molar-refractivity contribution in [3.8, 4) is 0 Å². The van der Waals surface area contributed by atoms with E-state index >= 15 is 0 Å². The van der Waals surface area contributed by atoms with E-state index in [1.807, 2.05) is 18.2 Å². The first-order valence-electron chi connectivity index (χ1n) is 6.04. The third kappa shape index (κ3) is 4.31. The number of hydrogen-bond acceptors (Lipinski definition) is 3. The maximum Gasteiger partial charge on any atom is 0.233 e. The molecule has 1 aromatic carbocycles. The molecule has 0 bridgehead atoms. The summed E-state index contributed by atoms with van der Waals surface area (Å²) in [4.78, 5) is 13.6. The first-order chi connectivity index (χ1) is 8.58. The molecule has 0 aliphatic heterocycles.